The fourth-order valence-corrected chi connectivity index (χ4v) is 4.23. The summed E-state index contributed by atoms with van der Waals surface area (Å²) in [6, 6.07) is 15.3. The third kappa shape index (κ3) is 4.13. The first kappa shape index (κ1) is 21.6. The summed E-state index contributed by atoms with van der Waals surface area (Å²) in [6.07, 6.45) is 2.54. The maximum absolute atomic E-state index is 9.95. The third-order valence-corrected chi connectivity index (χ3v) is 6.13. The van der Waals surface area contributed by atoms with Crippen LogP contribution in [0, 0.1) is 0 Å². The van der Waals surface area contributed by atoms with E-state index in [9.17, 15) is 15.3 Å². The Morgan fingerprint density at radius 2 is 1.00 bits per heavy atom. The maximum Gasteiger partial charge on any atom is 0.134 e. The Morgan fingerprint density at radius 1 is 0.655 bits per heavy atom. The second kappa shape index (κ2) is 8.74. The normalized spacial score (nSPS) is 11.6. The summed E-state index contributed by atoms with van der Waals surface area (Å²) in [6.45, 7) is 2.10. The van der Waals surface area contributed by atoms with Crippen molar-refractivity contribution in [3.63, 3.8) is 0 Å². The van der Waals surface area contributed by atoms with E-state index in [1.165, 1.54) is 0 Å². The summed E-state index contributed by atoms with van der Waals surface area (Å²) in [5.41, 5.74) is 1.83. The first-order valence-electron chi connectivity index (χ1n) is 9.26. The van der Waals surface area contributed by atoms with Gasteiger partial charge in [0, 0.05) is 5.41 Å². The highest BCUT2D eigenvalue weighted by molar-refractivity contribution is 6.32. The Bertz CT molecular complexity index is 909. The SMILES string of the molecule is CCCCC(c1ccc(O)c(Cl)c1)(c1ccc(O)c(Cl)c1)c1ccc(O)c(Cl)c1. The minimum atomic E-state index is -0.706. The number of aromatic hydroxyl groups is 3. The molecule has 3 aromatic rings. The van der Waals surface area contributed by atoms with Crippen LogP contribution in [-0.2, 0) is 5.41 Å². The molecule has 0 spiro atoms. The lowest BCUT2D eigenvalue weighted by molar-refractivity contribution is 0.470. The lowest BCUT2D eigenvalue weighted by atomic mass is 9.66. The van der Waals surface area contributed by atoms with Crippen LogP contribution in [0.3, 0.4) is 0 Å². The largest absolute Gasteiger partial charge is 0.506 e. The van der Waals surface area contributed by atoms with Crippen molar-refractivity contribution in [2.24, 2.45) is 0 Å². The van der Waals surface area contributed by atoms with Crippen LogP contribution in [0.5, 0.6) is 17.2 Å². The molecular weight excluding hydrogens is 431 g/mol. The minimum absolute atomic E-state index is 0.00714. The van der Waals surface area contributed by atoms with Crippen LogP contribution in [0.4, 0.5) is 0 Å². The monoisotopic (exact) mass is 450 g/mol. The molecule has 3 nitrogen and oxygen atoms in total. The second-order valence-electron chi connectivity index (χ2n) is 7.01. The van der Waals surface area contributed by atoms with Gasteiger partial charge in [-0.25, -0.2) is 0 Å². The lowest BCUT2D eigenvalue weighted by Crippen LogP contribution is -2.29. The first-order chi connectivity index (χ1) is 13.8. The lowest BCUT2D eigenvalue weighted by Gasteiger charge is -2.37. The van der Waals surface area contributed by atoms with Gasteiger partial charge in [0.05, 0.1) is 15.1 Å². The Labute approximate surface area is 185 Å². The number of unbranched alkanes of at least 4 members (excludes halogenated alkanes) is 1. The van der Waals surface area contributed by atoms with Gasteiger partial charge < -0.3 is 15.3 Å². The zero-order valence-corrected chi connectivity index (χ0v) is 18.1. The predicted molar refractivity (Wildman–Crippen MR) is 119 cm³/mol. The molecule has 0 aromatic heterocycles. The van der Waals surface area contributed by atoms with E-state index in [0.29, 0.717) is 6.42 Å². The summed E-state index contributed by atoms with van der Waals surface area (Å²) in [7, 11) is 0. The van der Waals surface area contributed by atoms with Gasteiger partial charge in [-0.3, -0.25) is 0 Å². The predicted octanol–water partition coefficient (Wildman–Crippen LogP) is 7.29. The molecule has 0 radical (unpaired) electrons. The Kier molecular flexibility index (Phi) is 6.52. The molecular formula is C23H21Cl3O3. The fraction of sp³-hybridized carbons (Fsp3) is 0.217. The smallest absolute Gasteiger partial charge is 0.134 e. The van der Waals surface area contributed by atoms with Crippen molar-refractivity contribution in [2.75, 3.05) is 0 Å². The molecule has 6 heteroatoms. The van der Waals surface area contributed by atoms with Gasteiger partial charge in [0.2, 0.25) is 0 Å². The number of halogens is 3. The number of hydrogen-bond donors (Lipinski definition) is 3. The highest BCUT2D eigenvalue weighted by atomic mass is 35.5. The van der Waals surface area contributed by atoms with Crippen LogP contribution in [0.25, 0.3) is 0 Å². The molecule has 3 N–H and O–H groups in total. The zero-order chi connectivity index (χ0) is 21.2. The molecule has 3 aromatic carbocycles. The van der Waals surface area contributed by atoms with E-state index in [1.54, 1.807) is 36.4 Å². The van der Waals surface area contributed by atoms with E-state index < -0.39 is 5.41 Å². The van der Waals surface area contributed by atoms with E-state index in [4.69, 9.17) is 34.8 Å². The molecule has 29 heavy (non-hydrogen) atoms. The molecule has 0 amide bonds. The average Bonchev–Trinajstić information content (AvgIpc) is 2.70. The molecule has 0 saturated heterocycles. The van der Waals surface area contributed by atoms with Crippen molar-refractivity contribution in [1.29, 1.82) is 0 Å². The van der Waals surface area contributed by atoms with Crippen molar-refractivity contribution in [3.05, 3.63) is 86.4 Å². The molecule has 152 valence electrons. The summed E-state index contributed by atoms with van der Waals surface area (Å²) in [5, 5.41) is 30.5. The van der Waals surface area contributed by atoms with Crippen LogP contribution in [0.2, 0.25) is 15.1 Å². The first-order valence-corrected chi connectivity index (χ1v) is 10.4. The van der Waals surface area contributed by atoms with Gasteiger partial charge >= 0.3 is 0 Å². The van der Waals surface area contributed by atoms with Gasteiger partial charge in [0.15, 0.2) is 0 Å². The fourth-order valence-electron chi connectivity index (χ4n) is 3.69. The van der Waals surface area contributed by atoms with Crippen LogP contribution in [-0.4, -0.2) is 15.3 Å². The quantitative estimate of drug-likeness (QED) is 0.345. The molecule has 0 aliphatic rings. The van der Waals surface area contributed by atoms with Gasteiger partial charge in [-0.2, -0.15) is 0 Å². The molecule has 0 bridgehead atoms. The molecule has 0 aliphatic heterocycles. The topological polar surface area (TPSA) is 60.7 Å². The Balaban J connectivity index is 2.38. The summed E-state index contributed by atoms with van der Waals surface area (Å²) in [4.78, 5) is 0. The van der Waals surface area contributed by atoms with Crippen molar-refractivity contribution >= 4 is 34.8 Å². The van der Waals surface area contributed by atoms with E-state index in [-0.39, 0.29) is 32.3 Å². The van der Waals surface area contributed by atoms with E-state index in [0.717, 1.165) is 29.5 Å². The molecule has 0 heterocycles. The van der Waals surface area contributed by atoms with Gasteiger partial charge in [0.25, 0.3) is 0 Å². The summed E-state index contributed by atoms with van der Waals surface area (Å²) < 4.78 is 0. The van der Waals surface area contributed by atoms with E-state index in [2.05, 4.69) is 6.92 Å². The van der Waals surface area contributed by atoms with Crippen LogP contribution < -0.4 is 0 Å². The second-order valence-corrected chi connectivity index (χ2v) is 8.23. The minimum Gasteiger partial charge on any atom is -0.506 e. The van der Waals surface area contributed by atoms with Crippen LogP contribution in [0.15, 0.2) is 54.6 Å². The summed E-state index contributed by atoms with van der Waals surface area (Å²) in [5.74, 6) is -0.0214. The number of hydrogen-bond acceptors (Lipinski definition) is 3. The highest BCUT2D eigenvalue weighted by Gasteiger charge is 2.37. The zero-order valence-electron chi connectivity index (χ0n) is 15.8. The van der Waals surface area contributed by atoms with Crippen molar-refractivity contribution in [2.45, 2.75) is 31.6 Å². The van der Waals surface area contributed by atoms with E-state index >= 15 is 0 Å². The van der Waals surface area contributed by atoms with Crippen LogP contribution >= 0.6 is 34.8 Å². The van der Waals surface area contributed by atoms with E-state index in [1.807, 2.05) is 18.2 Å². The molecule has 0 fully saturated rings. The van der Waals surface area contributed by atoms with Gasteiger partial charge in [-0.1, -0.05) is 72.8 Å². The van der Waals surface area contributed by atoms with Crippen molar-refractivity contribution in [3.8, 4) is 17.2 Å². The molecule has 0 aliphatic carbocycles. The number of rotatable bonds is 6. The maximum atomic E-state index is 9.95. The average molecular weight is 452 g/mol. The molecule has 0 atom stereocenters. The van der Waals surface area contributed by atoms with Gasteiger partial charge in [0.1, 0.15) is 17.2 Å². The Morgan fingerprint density at radius 3 is 1.28 bits per heavy atom. The number of phenols is 3. The Hall–Kier alpha value is -2.07. The van der Waals surface area contributed by atoms with Gasteiger partial charge in [-0.05, 0) is 59.5 Å². The molecule has 3 rings (SSSR count). The number of benzene rings is 3. The molecule has 0 unspecified atom stereocenters. The van der Waals surface area contributed by atoms with Gasteiger partial charge in [-0.15, -0.1) is 0 Å². The molecule has 0 saturated carbocycles. The third-order valence-electron chi connectivity index (χ3n) is 5.23. The van der Waals surface area contributed by atoms with Crippen molar-refractivity contribution in [1.82, 2.24) is 0 Å². The van der Waals surface area contributed by atoms with Crippen molar-refractivity contribution < 1.29 is 15.3 Å². The highest BCUT2D eigenvalue weighted by Crippen LogP contribution is 2.47. The standard InChI is InChI=1S/C23H21Cl3O3/c1-2-3-10-23(14-4-7-20(27)17(24)11-14,15-5-8-21(28)18(25)12-15)16-6-9-22(29)19(26)13-16/h4-9,11-13,27-29H,2-3,10H2,1H3. The summed E-state index contributed by atoms with van der Waals surface area (Å²) >= 11 is 18.8. The van der Waals surface area contributed by atoms with Crippen LogP contribution in [0.1, 0.15) is 42.9 Å². The number of phenolic OH excluding ortho intramolecular Hbond substituents is 3.